The minimum atomic E-state index is -0.334. The number of amides is 1. The van der Waals surface area contributed by atoms with Crippen molar-refractivity contribution in [1.82, 2.24) is 9.91 Å². The number of hydrazone groups is 1. The van der Waals surface area contributed by atoms with Gasteiger partial charge >= 0.3 is 0 Å². The molecule has 0 saturated carbocycles. The number of nitrogens with zero attached hydrogens (tertiary/aromatic N) is 5. The van der Waals surface area contributed by atoms with Crippen LogP contribution in [0.3, 0.4) is 0 Å². The molecule has 2 heterocycles. The molecule has 5 rings (SSSR count). The zero-order valence-electron chi connectivity index (χ0n) is 21.5. The number of rotatable bonds is 9. The molecule has 0 aliphatic carbocycles. The molecule has 0 saturated heterocycles. The zero-order valence-corrected chi connectivity index (χ0v) is 21.5. The van der Waals surface area contributed by atoms with E-state index in [1.807, 2.05) is 54.6 Å². The first-order chi connectivity index (χ1) is 18.2. The Kier molecular flexibility index (Phi) is 7.66. The lowest BCUT2D eigenvalue weighted by molar-refractivity contribution is -0.132. The highest BCUT2D eigenvalue weighted by atomic mass is 16.2. The molecule has 6 nitrogen and oxygen atoms in total. The molecule has 0 fully saturated rings. The predicted octanol–water partition coefficient (Wildman–Crippen LogP) is 5.37. The number of hydrogen-bond acceptors (Lipinski definition) is 5. The topological polar surface area (TPSA) is 60.6 Å². The quantitative estimate of drug-likeness (QED) is 0.404. The van der Waals surface area contributed by atoms with Gasteiger partial charge in [0.25, 0.3) is 0 Å². The Morgan fingerprint density at radius 1 is 0.838 bits per heavy atom. The molecule has 0 radical (unpaired) electrons. The van der Waals surface area contributed by atoms with Crippen LogP contribution in [0.1, 0.15) is 49.5 Å². The van der Waals surface area contributed by atoms with Crippen molar-refractivity contribution in [1.29, 1.82) is 0 Å². The van der Waals surface area contributed by atoms with E-state index in [-0.39, 0.29) is 18.1 Å². The third kappa shape index (κ3) is 5.44. The number of carbonyl (C=O) groups excluding carboxylic acids is 1. The Hall–Kier alpha value is -3.90. The van der Waals surface area contributed by atoms with Gasteiger partial charge in [0, 0.05) is 24.9 Å². The maximum Gasteiger partial charge on any atom is 0.244 e. The summed E-state index contributed by atoms with van der Waals surface area (Å²) in [5.74, 6) is 0.0149. The molecular weight excluding hydrogens is 458 g/mol. The summed E-state index contributed by atoms with van der Waals surface area (Å²) in [7, 11) is 0. The van der Waals surface area contributed by atoms with Gasteiger partial charge in [-0.15, -0.1) is 0 Å². The van der Waals surface area contributed by atoms with E-state index in [0.29, 0.717) is 19.4 Å². The van der Waals surface area contributed by atoms with Gasteiger partial charge in [0.1, 0.15) is 6.04 Å². The number of carbonyl (C=O) groups is 1. The van der Waals surface area contributed by atoms with Crippen LogP contribution >= 0.6 is 0 Å². The Morgan fingerprint density at radius 2 is 1.43 bits per heavy atom. The van der Waals surface area contributed by atoms with Crippen LogP contribution in [0.4, 0.5) is 0 Å². The third-order valence-electron chi connectivity index (χ3n) is 7.03. The highest BCUT2D eigenvalue weighted by Crippen LogP contribution is 2.31. The van der Waals surface area contributed by atoms with Crippen LogP contribution in [0.25, 0.3) is 0 Å². The van der Waals surface area contributed by atoms with Crippen molar-refractivity contribution in [3.63, 3.8) is 0 Å². The Morgan fingerprint density at radius 3 is 2.05 bits per heavy atom. The molecule has 2 aliphatic rings. The van der Waals surface area contributed by atoms with E-state index in [1.165, 1.54) is 0 Å². The summed E-state index contributed by atoms with van der Waals surface area (Å²) in [5.41, 5.74) is 5.63. The Bertz CT molecular complexity index is 1300. The molecule has 2 unspecified atom stereocenters. The van der Waals surface area contributed by atoms with Crippen LogP contribution in [0.2, 0.25) is 0 Å². The Labute approximate surface area is 219 Å². The van der Waals surface area contributed by atoms with Gasteiger partial charge in [-0.3, -0.25) is 14.8 Å². The molecule has 0 spiro atoms. The number of benzene rings is 3. The SMILES string of the molecule is CCN(CC)CCC(=O)N1N=C(c2ccccc2)CC1C1=NC(c2ccccc2)N=C1c1ccccc1. The van der Waals surface area contributed by atoms with Crippen molar-refractivity contribution in [2.75, 3.05) is 19.6 Å². The predicted molar refractivity (Wildman–Crippen MR) is 150 cm³/mol. The van der Waals surface area contributed by atoms with Crippen molar-refractivity contribution in [3.8, 4) is 0 Å². The monoisotopic (exact) mass is 491 g/mol. The fraction of sp³-hybridized carbons (Fsp3) is 0.290. The second-order valence-electron chi connectivity index (χ2n) is 9.29. The van der Waals surface area contributed by atoms with Crippen LogP contribution < -0.4 is 0 Å². The summed E-state index contributed by atoms with van der Waals surface area (Å²) in [6, 6.07) is 30.1. The van der Waals surface area contributed by atoms with Gasteiger partial charge in [0.2, 0.25) is 5.91 Å². The van der Waals surface area contributed by atoms with Crippen molar-refractivity contribution in [2.24, 2.45) is 15.1 Å². The summed E-state index contributed by atoms with van der Waals surface area (Å²) in [6.45, 7) is 6.80. The fourth-order valence-corrected chi connectivity index (χ4v) is 4.91. The molecule has 188 valence electrons. The van der Waals surface area contributed by atoms with Crippen molar-refractivity contribution >= 4 is 23.0 Å². The largest absolute Gasteiger partial charge is 0.303 e. The normalized spacial score (nSPS) is 19.1. The highest BCUT2D eigenvalue weighted by Gasteiger charge is 2.40. The van der Waals surface area contributed by atoms with E-state index in [0.717, 1.165) is 46.9 Å². The minimum Gasteiger partial charge on any atom is -0.303 e. The van der Waals surface area contributed by atoms with E-state index in [9.17, 15) is 4.79 Å². The summed E-state index contributed by atoms with van der Waals surface area (Å²) >= 11 is 0. The van der Waals surface area contributed by atoms with E-state index < -0.39 is 0 Å². The lowest BCUT2D eigenvalue weighted by Gasteiger charge is -2.24. The van der Waals surface area contributed by atoms with E-state index in [2.05, 4.69) is 55.1 Å². The molecule has 6 heteroatoms. The Balaban J connectivity index is 1.52. The van der Waals surface area contributed by atoms with Crippen molar-refractivity contribution in [2.45, 2.75) is 38.9 Å². The van der Waals surface area contributed by atoms with Crippen LogP contribution in [0.15, 0.2) is 106 Å². The first-order valence-corrected chi connectivity index (χ1v) is 13.1. The highest BCUT2D eigenvalue weighted by molar-refractivity contribution is 6.51. The second-order valence-corrected chi connectivity index (χ2v) is 9.29. The summed E-state index contributed by atoms with van der Waals surface area (Å²) in [6.07, 6.45) is 0.685. The van der Waals surface area contributed by atoms with Gasteiger partial charge in [-0.25, -0.2) is 5.01 Å². The molecule has 2 aliphatic heterocycles. The van der Waals surface area contributed by atoms with Gasteiger partial charge < -0.3 is 4.90 Å². The molecule has 3 aromatic rings. The molecule has 2 atom stereocenters. The van der Waals surface area contributed by atoms with Crippen molar-refractivity contribution < 1.29 is 4.79 Å². The maximum absolute atomic E-state index is 13.6. The molecule has 3 aromatic carbocycles. The molecule has 0 bridgehead atoms. The smallest absolute Gasteiger partial charge is 0.244 e. The summed E-state index contributed by atoms with van der Waals surface area (Å²) in [4.78, 5) is 26.1. The van der Waals surface area contributed by atoms with Gasteiger partial charge in [-0.2, -0.15) is 5.10 Å². The zero-order chi connectivity index (χ0) is 25.6. The maximum atomic E-state index is 13.6. The van der Waals surface area contributed by atoms with Crippen LogP contribution in [-0.2, 0) is 4.79 Å². The summed E-state index contributed by atoms with van der Waals surface area (Å²) < 4.78 is 0. The number of hydrogen-bond donors (Lipinski definition) is 0. The van der Waals surface area contributed by atoms with Gasteiger partial charge in [-0.1, -0.05) is 105 Å². The second kappa shape index (κ2) is 11.4. The van der Waals surface area contributed by atoms with Crippen molar-refractivity contribution in [3.05, 3.63) is 108 Å². The molecule has 0 aromatic heterocycles. The molecule has 1 amide bonds. The standard InChI is InChI=1S/C31H33N5O/c1-3-35(4-2)21-20-28(37)36-27(22-26(34-36)23-14-8-5-9-15-23)30-29(24-16-10-6-11-17-24)32-31(33-30)25-18-12-7-13-19-25/h5-19,27,31H,3-4,20-22H2,1-2H3. The van der Waals surface area contributed by atoms with Crippen LogP contribution in [0, 0.1) is 0 Å². The lowest BCUT2D eigenvalue weighted by Crippen LogP contribution is -2.42. The summed E-state index contributed by atoms with van der Waals surface area (Å²) in [5, 5.41) is 6.56. The third-order valence-corrected chi connectivity index (χ3v) is 7.03. The van der Waals surface area contributed by atoms with E-state index in [1.54, 1.807) is 5.01 Å². The first kappa shape index (κ1) is 24.8. The van der Waals surface area contributed by atoms with E-state index in [4.69, 9.17) is 15.1 Å². The minimum absolute atomic E-state index is 0.0149. The van der Waals surface area contributed by atoms with Gasteiger partial charge in [-0.05, 0) is 24.2 Å². The average molecular weight is 492 g/mol. The lowest BCUT2D eigenvalue weighted by atomic mass is 9.95. The van der Waals surface area contributed by atoms with Crippen LogP contribution in [0.5, 0.6) is 0 Å². The van der Waals surface area contributed by atoms with Crippen LogP contribution in [-0.4, -0.2) is 58.6 Å². The fourth-order valence-electron chi connectivity index (χ4n) is 4.91. The first-order valence-electron chi connectivity index (χ1n) is 13.1. The van der Waals surface area contributed by atoms with Gasteiger partial charge in [0.15, 0.2) is 6.17 Å². The van der Waals surface area contributed by atoms with E-state index >= 15 is 0 Å². The van der Waals surface area contributed by atoms with Gasteiger partial charge in [0.05, 0.1) is 17.1 Å². The molecular formula is C31H33N5O. The molecule has 0 N–H and O–H groups in total. The average Bonchev–Trinajstić information content (AvgIpc) is 3.60. The number of aliphatic imine (C=N–C) groups is 2. The molecule has 37 heavy (non-hydrogen) atoms.